The van der Waals surface area contributed by atoms with Crippen LogP contribution in [0.2, 0.25) is 0 Å². The van der Waals surface area contributed by atoms with E-state index in [-0.39, 0.29) is 30.9 Å². The van der Waals surface area contributed by atoms with Gasteiger partial charge in [-0.15, -0.1) is 0 Å². The van der Waals surface area contributed by atoms with Gasteiger partial charge in [-0.1, -0.05) is 42.5 Å². The van der Waals surface area contributed by atoms with Crippen LogP contribution in [0.4, 0.5) is 8.78 Å². The quantitative estimate of drug-likeness (QED) is 0.862. The normalized spacial score (nSPS) is 12.0. The van der Waals surface area contributed by atoms with Crippen molar-refractivity contribution in [1.29, 1.82) is 0 Å². The molecule has 0 aliphatic heterocycles. The zero-order valence-electron chi connectivity index (χ0n) is 11.9. The Morgan fingerprint density at radius 2 is 1.82 bits per heavy atom. The maximum Gasteiger partial charge on any atom is 0.220 e. The minimum absolute atomic E-state index is 0.0176. The van der Waals surface area contributed by atoms with Gasteiger partial charge in [-0.3, -0.25) is 4.79 Å². The lowest BCUT2D eigenvalue weighted by molar-refractivity contribution is -0.122. The fraction of sp³-hybridized carbons (Fsp3) is 0.235. The van der Waals surface area contributed by atoms with Gasteiger partial charge < -0.3 is 10.4 Å². The van der Waals surface area contributed by atoms with Gasteiger partial charge in [0.15, 0.2) is 11.6 Å². The fourth-order valence-electron chi connectivity index (χ4n) is 2.18. The minimum Gasteiger partial charge on any atom is -0.394 e. The van der Waals surface area contributed by atoms with Crippen molar-refractivity contribution < 1.29 is 18.7 Å². The molecule has 0 saturated carbocycles. The minimum atomic E-state index is -0.921. The van der Waals surface area contributed by atoms with Crippen LogP contribution in [0.15, 0.2) is 48.5 Å². The van der Waals surface area contributed by atoms with E-state index in [1.54, 1.807) is 12.1 Å². The van der Waals surface area contributed by atoms with Crippen molar-refractivity contribution in [3.8, 4) is 0 Å². The van der Waals surface area contributed by atoms with Gasteiger partial charge in [0, 0.05) is 6.42 Å². The molecule has 1 atom stereocenters. The monoisotopic (exact) mass is 305 g/mol. The molecule has 2 aromatic rings. The molecule has 5 heteroatoms. The summed E-state index contributed by atoms with van der Waals surface area (Å²) < 4.78 is 26.6. The third kappa shape index (κ3) is 4.11. The number of aryl methyl sites for hydroxylation is 1. The molecular weight excluding hydrogens is 288 g/mol. The van der Waals surface area contributed by atoms with Crippen LogP contribution < -0.4 is 5.32 Å². The third-order valence-electron chi connectivity index (χ3n) is 3.37. The summed E-state index contributed by atoms with van der Waals surface area (Å²) in [4.78, 5) is 11.9. The second-order valence-corrected chi connectivity index (χ2v) is 4.93. The molecule has 1 amide bonds. The predicted molar refractivity (Wildman–Crippen MR) is 79.1 cm³/mol. The van der Waals surface area contributed by atoms with Crippen molar-refractivity contribution in [3.05, 3.63) is 71.3 Å². The van der Waals surface area contributed by atoms with E-state index in [2.05, 4.69) is 5.32 Å². The third-order valence-corrected chi connectivity index (χ3v) is 3.37. The molecule has 0 spiro atoms. The summed E-state index contributed by atoms with van der Waals surface area (Å²) in [6.07, 6.45) is 0.117. The number of hydrogen-bond acceptors (Lipinski definition) is 2. The molecule has 0 aliphatic rings. The van der Waals surface area contributed by atoms with Crippen LogP contribution in [-0.2, 0) is 11.2 Å². The number of aliphatic hydroxyl groups is 1. The van der Waals surface area contributed by atoms with Gasteiger partial charge in [0.05, 0.1) is 12.6 Å². The standard InChI is InChI=1S/C17H17F2NO2/c18-14-8-4-7-13(17(14)19)9-10-16(22)20-15(11-21)12-5-2-1-3-6-12/h1-8,15,21H,9-11H2,(H,20,22)/t15-/m1/s1. The van der Waals surface area contributed by atoms with Crippen LogP contribution in [0.25, 0.3) is 0 Å². The molecular formula is C17H17F2NO2. The lowest BCUT2D eigenvalue weighted by Gasteiger charge is -2.16. The first-order valence-electron chi connectivity index (χ1n) is 7.00. The van der Waals surface area contributed by atoms with E-state index < -0.39 is 17.7 Å². The van der Waals surface area contributed by atoms with Gasteiger partial charge in [-0.25, -0.2) is 8.78 Å². The van der Waals surface area contributed by atoms with Gasteiger partial charge in [0.25, 0.3) is 0 Å². The summed E-state index contributed by atoms with van der Waals surface area (Å²) >= 11 is 0. The summed E-state index contributed by atoms with van der Waals surface area (Å²) in [7, 11) is 0. The highest BCUT2D eigenvalue weighted by molar-refractivity contribution is 5.76. The first kappa shape index (κ1) is 16.1. The number of nitrogens with one attached hydrogen (secondary N) is 1. The Morgan fingerprint density at radius 1 is 1.09 bits per heavy atom. The highest BCUT2D eigenvalue weighted by atomic mass is 19.2. The Hall–Kier alpha value is -2.27. The molecule has 116 valence electrons. The largest absolute Gasteiger partial charge is 0.394 e. The molecule has 0 radical (unpaired) electrons. The summed E-state index contributed by atoms with van der Waals surface area (Å²) in [6, 6.07) is 12.5. The first-order valence-corrected chi connectivity index (χ1v) is 7.00. The molecule has 2 rings (SSSR count). The summed E-state index contributed by atoms with van der Waals surface area (Å²) in [6.45, 7) is -0.232. The van der Waals surface area contributed by atoms with E-state index in [4.69, 9.17) is 0 Å². The zero-order chi connectivity index (χ0) is 15.9. The number of hydrogen-bond donors (Lipinski definition) is 2. The summed E-state index contributed by atoms with van der Waals surface area (Å²) in [5, 5.41) is 12.1. The van der Waals surface area contributed by atoms with Crippen molar-refractivity contribution in [1.82, 2.24) is 5.32 Å². The average molecular weight is 305 g/mol. The Kier molecular flexibility index (Phi) is 5.61. The van der Waals surface area contributed by atoms with Crippen LogP contribution in [0.1, 0.15) is 23.6 Å². The zero-order valence-corrected chi connectivity index (χ0v) is 11.9. The molecule has 2 aromatic carbocycles. The fourth-order valence-corrected chi connectivity index (χ4v) is 2.18. The van der Waals surface area contributed by atoms with Crippen molar-refractivity contribution >= 4 is 5.91 Å². The van der Waals surface area contributed by atoms with Crippen molar-refractivity contribution in [2.75, 3.05) is 6.61 Å². The van der Waals surface area contributed by atoms with Gasteiger partial charge >= 0.3 is 0 Å². The van der Waals surface area contributed by atoms with Gasteiger partial charge in [-0.2, -0.15) is 0 Å². The molecule has 3 nitrogen and oxygen atoms in total. The Balaban J connectivity index is 1.93. The number of benzene rings is 2. The SMILES string of the molecule is O=C(CCc1cccc(F)c1F)N[C@H](CO)c1ccccc1. The number of carbonyl (C=O) groups is 1. The molecule has 0 heterocycles. The molecule has 2 N–H and O–H groups in total. The highest BCUT2D eigenvalue weighted by Crippen LogP contribution is 2.15. The van der Waals surface area contributed by atoms with E-state index in [1.807, 2.05) is 18.2 Å². The first-order chi connectivity index (χ1) is 10.6. The van der Waals surface area contributed by atoms with Crippen molar-refractivity contribution in [3.63, 3.8) is 0 Å². The molecule has 0 saturated heterocycles. The van der Waals surface area contributed by atoms with E-state index in [0.29, 0.717) is 0 Å². The number of aliphatic hydroxyl groups excluding tert-OH is 1. The molecule has 0 aromatic heterocycles. The Morgan fingerprint density at radius 3 is 2.50 bits per heavy atom. The second kappa shape index (κ2) is 7.66. The van der Waals surface area contributed by atoms with Crippen LogP contribution in [0, 0.1) is 11.6 Å². The lowest BCUT2D eigenvalue weighted by atomic mass is 10.1. The van der Waals surface area contributed by atoms with E-state index in [0.717, 1.165) is 11.6 Å². The smallest absolute Gasteiger partial charge is 0.220 e. The van der Waals surface area contributed by atoms with Crippen molar-refractivity contribution in [2.24, 2.45) is 0 Å². The topological polar surface area (TPSA) is 49.3 Å². The van der Waals surface area contributed by atoms with Gasteiger partial charge in [-0.05, 0) is 23.6 Å². The average Bonchev–Trinajstić information content (AvgIpc) is 2.55. The molecule has 0 fully saturated rings. The van der Waals surface area contributed by atoms with Crippen LogP contribution >= 0.6 is 0 Å². The van der Waals surface area contributed by atoms with Crippen molar-refractivity contribution in [2.45, 2.75) is 18.9 Å². The van der Waals surface area contributed by atoms with E-state index in [1.165, 1.54) is 12.1 Å². The number of amides is 1. The number of rotatable bonds is 6. The molecule has 0 bridgehead atoms. The maximum absolute atomic E-state index is 13.5. The Labute approximate surface area is 127 Å². The van der Waals surface area contributed by atoms with E-state index in [9.17, 15) is 18.7 Å². The van der Waals surface area contributed by atoms with Crippen LogP contribution in [0.3, 0.4) is 0 Å². The maximum atomic E-state index is 13.5. The predicted octanol–water partition coefficient (Wildman–Crippen LogP) is 2.75. The Bertz CT molecular complexity index is 632. The highest BCUT2D eigenvalue weighted by Gasteiger charge is 2.14. The lowest BCUT2D eigenvalue weighted by Crippen LogP contribution is -2.30. The number of halogens is 2. The summed E-state index contributed by atoms with van der Waals surface area (Å²) in [5.74, 6) is -2.17. The van der Waals surface area contributed by atoms with Gasteiger partial charge in [0.1, 0.15) is 0 Å². The summed E-state index contributed by atoms with van der Waals surface area (Å²) in [5.41, 5.74) is 0.950. The molecule has 0 aliphatic carbocycles. The molecule has 22 heavy (non-hydrogen) atoms. The van der Waals surface area contributed by atoms with E-state index >= 15 is 0 Å². The second-order valence-electron chi connectivity index (χ2n) is 4.93. The van der Waals surface area contributed by atoms with Crippen LogP contribution in [-0.4, -0.2) is 17.6 Å². The van der Waals surface area contributed by atoms with Crippen LogP contribution in [0.5, 0.6) is 0 Å². The molecule has 0 unspecified atom stereocenters. The number of carbonyl (C=O) groups excluding carboxylic acids is 1. The van der Waals surface area contributed by atoms with Gasteiger partial charge in [0.2, 0.25) is 5.91 Å².